The maximum absolute atomic E-state index is 13.3. The number of thiophene rings is 1. The Balaban J connectivity index is 1.67. The fraction of sp³-hybridized carbons (Fsp3) is 0.385. The number of ether oxygens (including phenoxy) is 1. The Kier molecular flexibility index (Phi) is 6.51. The van der Waals surface area contributed by atoms with E-state index in [1.54, 1.807) is 30.9 Å². The van der Waals surface area contributed by atoms with Crippen LogP contribution in [0.3, 0.4) is 0 Å². The van der Waals surface area contributed by atoms with Crippen molar-refractivity contribution < 1.29 is 13.9 Å². The lowest BCUT2D eigenvalue weighted by molar-refractivity contribution is 0.0947. The fourth-order valence-corrected chi connectivity index (χ4v) is 5.47. The number of para-hydroxylation sites is 1. The van der Waals surface area contributed by atoms with E-state index in [9.17, 15) is 4.79 Å². The molecule has 0 saturated heterocycles. The molecule has 0 radical (unpaired) electrons. The summed E-state index contributed by atoms with van der Waals surface area (Å²) in [5, 5.41) is 3.77. The van der Waals surface area contributed by atoms with Gasteiger partial charge in [0.15, 0.2) is 0 Å². The third kappa shape index (κ3) is 4.80. The number of methoxy groups -OCH3 is 1. The number of fused-ring (bicyclic) bond motifs is 1. The first-order valence-electron chi connectivity index (χ1n) is 11.0. The van der Waals surface area contributed by atoms with Crippen molar-refractivity contribution in [2.45, 2.75) is 46.6 Å². The first kappa shape index (κ1) is 22.3. The number of benzene rings is 1. The summed E-state index contributed by atoms with van der Waals surface area (Å²) in [5.74, 6) is 1.99. The zero-order valence-corrected chi connectivity index (χ0v) is 19.9. The summed E-state index contributed by atoms with van der Waals surface area (Å²) in [6.45, 7) is 7.26. The molecule has 1 aromatic carbocycles. The van der Waals surface area contributed by atoms with E-state index < -0.39 is 0 Å². The van der Waals surface area contributed by atoms with Gasteiger partial charge in [0.2, 0.25) is 0 Å². The maximum Gasteiger partial charge on any atom is 0.255 e. The van der Waals surface area contributed by atoms with Crippen LogP contribution in [0, 0.1) is 11.3 Å². The summed E-state index contributed by atoms with van der Waals surface area (Å²) in [7, 11) is 1.65. The summed E-state index contributed by atoms with van der Waals surface area (Å²) in [5.41, 5.74) is 2.98. The van der Waals surface area contributed by atoms with E-state index >= 15 is 0 Å². The minimum absolute atomic E-state index is 0.0970. The van der Waals surface area contributed by atoms with Crippen molar-refractivity contribution in [1.82, 2.24) is 5.32 Å². The normalized spacial score (nSPS) is 16.2. The number of rotatable bonds is 6. The first-order valence-corrected chi connectivity index (χ1v) is 11.8. The van der Waals surface area contributed by atoms with Gasteiger partial charge in [-0.05, 0) is 60.4 Å². The Morgan fingerprint density at radius 3 is 2.81 bits per heavy atom. The number of amides is 1. The Morgan fingerprint density at radius 1 is 1.28 bits per heavy atom. The van der Waals surface area contributed by atoms with Crippen molar-refractivity contribution in [2.24, 2.45) is 16.3 Å². The van der Waals surface area contributed by atoms with E-state index in [0.717, 1.165) is 46.9 Å². The van der Waals surface area contributed by atoms with Gasteiger partial charge in [-0.3, -0.25) is 4.79 Å². The Morgan fingerprint density at radius 2 is 2.09 bits per heavy atom. The monoisotopic (exact) mass is 450 g/mol. The quantitative estimate of drug-likeness (QED) is 0.456. The van der Waals surface area contributed by atoms with E-state index in [4.69, 9.17) is 14.1 Å². The second-order valence-electron chi connectivity index (χ2n) is 9.25. The molecule has 5 nitrogen and oxygen atoms in total. The number of hydrogen-bond acceptors (Lipinski definition) is 5. The highest BCUT2D eigenvalue weighted by Crippen LogP contribution is 2.45. The molecule has 0 bridgehead atoms. The number of furan rings is 1. The number of hydrogen-bond donors (Lipinski definition) is 1. The van der Waals surface area contributed by atoms with Crippen LogP contribution >= 0.6 is 11.3 Å². The van der Waals surface area contributed by atoms with Crippen LogP contribution in [0.1, 0.15) is 59.3 Å². The number of nitrogens with zero attached hydrogens (tertiary/aromatic N) is 1. The predicted molar refractivity (Wildman–Crippen MR) is 129 cm³/mol. The second kappa shape index (κ2) is 9.33. The van der Waals surface area contributed by atoms with Gasteiger partial charge in [-0.2, -0.15) is 0 Å². The molecule has 2 heterocycles. The molecule has 1 atom stereocenters. The van der Waals surface area contributed by atoms with Crippen LogP contribution < -0.4 is 10.1 Å². The molecule has 2 aromatic heterocycles. The number of carbonyl (C=O) groups excluding carboxylic acids is 1. The van der Waals surface area contributed by atoms with Crippen LogP contribution in [0.2, 0.25) is 0 Å². The van der Waals surface area contributed by atoms with E-state index in [-0.39, 0.29) is 11.3 Å². The molecule has 6 heteroatoms. The Labute approximate surface area is 193 Å². The smallest absolute Gasteiger partial charge is 0.255 e. The summed E-state index contributed by atoms with van der Waals surface area (Å²) < 4.78 is 10.8. The summed E-state index contributed by atoms with van der Waals surface area (Å²) >= 11 is 1.64. The Bertz CT molecular complexity index is 1110. The Hall–Kier alpha value is -2.86. The third-order valence-electron chi connectivity index (χ3n) is 6.16. The maximum atomic E-state index is 13.3. The van der Waals surface area contributed by atoms with Crippen LogP contribution in [0.15, 0.2) is 52.1 Å². The van der Waals surface area contributed by atoms with Crippen molar-refractivity contribution >= 4 is 28.5 Å². The number of carbonyl (C=O) groups is 1. The van der Waals surface area contributed by atoms with Crippen LogP contribution in [-0.2, 0) is 19.4 Å². The topological polar surface area (TPSA) is 63.8 Å². The average Bonchev–Trinajstić information content (AvgIpc) is 3.42. The molecule has 1 aliphatic rings. The molecule has 1 amide bonds. The van der Waals surface area contributed by atoms with Gasteiger partial charge < -0.3 is 14.5 Å². The molecule has 1 aliphatic carbocycles. The molecule has 0 spiro atoms. The lowest BCUT2D eigenvalue weighted by Gasteiger charge is -2.33. The lowest BCUT2D eigenvalue weighted by Crippen LogP contribution is -2.28. The highest BCUT2D eigenvalue weighted by molar-refractivity contribution is 7.16. The highest BCUT2D eigenvalue weighted by atomic mass is 32.1. The molecule has 168 valence electrons. The SMILES string of the molecule is COc1ccccc1C=Nc1sc2c(c1C(=O)NCc1ccco1)CC[C@@H](C(C)(C)C)C2. The van der Waals surface area contributed by atoms with Gasteiger partial charge in [0.1, 0.15) is 16.5 Å². The van der Waals surface area contributed by atoms with Gasteiger partial charge in [0.25, 0.3) is 5.91 Å². The molecule has 4 rings (SSSR count). The van der Waals surface area contributed by atoms with Crippen LogP contribution in [0.5, 0.6) is 5.75 Å². The van der Waals surface area contributed by atoms with Gasteiger partial charge in [-0.25, -0.2) is 4.99 Å². The van der Waals surface area contributed by atoms with Crippen molar-refractivity contribution in [2.75, 3.05) is 7.11 Å². The van der Waals surface area contributed by atoms with Crippen LogP contribution in [0.25, 0.3) is 0 Å². The molecule has 0 fully saturated rings. The minimum atomic E-state index is -0.0970. The summed E-state index contributed by atoms with van der Waals surface area (Å²) in [6.07, 6.45) is 6.39. The van der Waals surface area contributed by atoms with Crippen LogP contribution in [0.4, 0.5) is 5.00 Å². The zero-order valence-electron chi connectivity index (χ0n) is 19.1. The first-order chi connectivity index (χ1) is 15.4. The molecule has 32 heavy (non-hydrogen) atoms. The molecular weight excluding hydrogens is 420 g/mol. The van der Waals surface area contributed by atoms with Crippen molar-refractivity contribution in [3.8, 4) is 5.75 Å². The highest BCUT2D eigenvalue weighted by Gasteiger charge is 2.33. The van der Waals surface area contributed by atoms with Crippen molar-refractivity contribution in [3.63, 3.8) is 0 Å². The molecule has 0 unspecified atom stereocenters. The molecule has 0 aliphatic heterocycles. The zero-order chi connectivity index (χ0) is 22.7. The fourth-order valence-electron chi connectivity index (χ4n) is 4.21. The summed E-state index contributed by atoms with van der Waals surface area (Å²) in [6, 6.07) is 11.4. The van der Waals surface area contributed by atoms with E-state index in [1.165, 1.54) is 4.88 Å². The molecular formula is C26H30N2O3S. The number of aliphatic imine (C=N–C) groups is 1. The van der Waals surface area contributed by atoms with Crippen molar-refractivity contribution in [1.29, 1.82) is 0 Å². The van der Waals surface area contributed by atoms with Crippen LogP contribution in [-0.4, -0.2) is 19.2 Å². The third-order valence-corrected chi connectivity index (χ3v) is 7.32. The largest absolute Gasteiger partial charge is 0.496 e. The minimum Gasteiger partial charge on any atom is -0.496 e. The van der Waals surface area contributed by atoms with Gasteiger partial charge in [-0.1, -0.05) is 32.9 Å². The van der Waals surface area contributed by atoms with Gasteiger partial charge in [0.05, 0.1) is 25.5 Å². The standard InChI is InChI=1S/C26H30N2O3S/c1-26(2,3)18-11-12-20-22(14-18)32-25(28-15-17-8-5-6-10-21(17)30-4)23(20)24(29)27-16-19-9-7-13-31-19/h5-10,13,15,18H,11-12,14,16H2,1-4H3,(H,27,29)/t18-/m1/s1. The molecule has 1 N–H and O–H groups in total. The van der Waals surface area contributed by atoms with E-state index in [2.05, 4.69) is 26.1 Å². The van der Waals surface area contributed by atoms with E-state index in [1.807, 2.05) is 36.4 Å². The number of nitrogens with one attached hydrogen (secondary N) is 1. The second-order valence-corrected chi connectivity index (χ2v) is 10.3. The lowest BCUT2D eigenvalue weighted by atomic mass is 9.72. The average molecular weight is 451 g/mol. The molecule has 3 aromatic rings. The molecule has 0 saturated carbocycles. The van der Waals surface area contributed by atoms with Crippen molar-refractivity contribution in [3.05, 3.63) is 70.0 Å². The van der Waals surface area contributed by atoms with E-state index in [0.29, 0.717) is 18.0 Å². The summed E-state index contributed by atoms with van der Waals surface area (Å²) in [4.78, 5) is 19.3. The van der Waals surface area contributed by atoms with Gasteiger partial charge in [-0.15, -0.1) is 11.3 Å². The predicted octanol–water partition coefficient (Wildman–Crippen LogP) is 6.18. The van der Waals surface area contributed by atoms with Gasteiger partial charge >= 0.3 is 0 Å². The van der Waals surface area contributed by atoms with Gasteiger partial charge in [0, 0.05) is 16.7 Å².